The number of methoxy groups -OCH3 is 1. The predicted molar refractivity (Wildman–Crippen MR) is 92.6 cm³/mol. The van der Waals surface area contributed by atoms with Crippen molar-refractivity contribution in [2.45, 2.75) is 0 Å². The Morgan fingerprint density at radius 3 is 2.71 bits per heavy atom. The molecule has 0 unspecified atom stereocenters. The lowest BCUT2D eigenvalue weighted by Gasteiger charge is -2.12. The Morgan fingerprint density at radius 2 is 1.96 bits per heavy atom. The third-order valence-electron chi connectivity index (χ3n) is 3.70. The molecule has 0 bridgehead atoms. The number of ether oxygens (including phenoxy) is 1. The van der Waals surface area contributed by atoms with Crippen LogP contribution in [-0.4, -0.2) is 23.7 Å². The van der Waals surface area contributed by atoms with Crippen LogP contribution in [0, 0.1) is 0 Å². The lowest BCUT2D eigenvalue weighted by Crippen LogP contribution is -2.09. The van der Waals surface area contributed by atoms with E-state index in [9.17, 15) is 9.59 Å². The van der Waals surface area contributed by atoms with Crippen LogP contribution in [0.25, 0.3) is 5.69 Å². The second kappa shape index (κ2) is 6.72. The summed E-state index contributed by atoms with van der Waals surface area (Å²) in [6, 6.07) is 15.4. The summed E-state index contributed by atoms with van der Waals surface area (Å²) in [5, 5.41) is 0.449. The van der Waals surface area contributed by atoms with Crippen molar-refractivity contribution in [2.75, 3.05) is 7.11 Å². The highest BCUT2D eigenvalue weighted by Crippen LogP contribution is 2.25. The van der Waals surface area contributed by atoms with E-state index in [1.165, 1.54) is 0 Å². The number of nitrogens with zero attached hydrogens (tertiary/aromatic N) is 1. The molecule has 0 aliphatic carbocycles. The SMILES string of the molecule is COc1cccc(C(=O)c2cc(Cl)ccc2-n2cccc2C=O)c1. The molecule has 24 heavy (non-hydrogen) atoms. The van der Waals surface area contributed by atoms with Crippen LogP contribution in [0.5, 0.6) is 5.75 Å². The van der Waals surface area contributed by atoms with Crippen molar-refractivity contribution in [3.63, 3.8) is 0 Å². The van der Waals surface area contributed by atoms with E-state index in [-0.39, 0.29) is 5.78 Å². The molecular formula is C19H14ClNO3. The van der Waals surface area contributed by atoms with Gasteiger partial charge in [-0.3, -0.25) is 9.59 Å². The molecule has 3 aromatic rings. The van der Waals surface area contributed by atoms with Crippen molar-refractivity contribution in [3.05, 3.63) is 82.6 Å². The van der Waals surface area contributed by atoms with Crippen LogP contribution in [0.15, 0.2) is 60.8 Å². The van der Waals surface area contributed by atoms with Crippen LogP contribution in [0.3, 0.4) is 0 Å². The molecule has 1 aromatic heterocycles. The summed E-state index contributed by atoms with van der Waals surface area (Å²) >= 11 is 6.09. The zero-order chi connectivity index (χ0) is 17.1. The fourth-order valence-electron chi connectivity index (χ4n) is 2.53. The molecule has 0 atom stereocenters. The Hall–Kier alpha value is -2.85. The number of benzene rings is 2. The molecule has 0 N–H and O–H groups in total. The Bertz CT molecular complexity index is 914. The minimum Gasteiger partial charge on any atom is -0.497 e. The van der Waals surface area contributed by atoms with Gasteiger partial charge in [0.15, 0.2) is 12.1 Å². The molecule has 0 radical (unpaired) electrons. The highest BCUT2D eigenvalue weighted by Gasteiger charge is 2.17. The fourth-order valence-corrected chi connectivity index (χ4v) is 2.70. The average Bonchev–Trinajstić information content (AvgIpc) is 3.09. The Balaban J connectivity index is 2.14. The van der Waals surface area contributed by atoms with Gasteiger partial charge in [-0.2, -0.15) is 0 Å². The number of halogens is 1. The number of rotatable bonds is 5. The van der Waals surface area contributed by atoms with Gasteiger partial charge < -0.3 is 9.30 Å². The maximum atomic E-state index is 13.0. The van der Waals surface area contributed by atoms with Gasteiger partial charge in [-0.25, -0.2) is 0 Å². The number of aromatic nitrogens is 1. The van der Waals surface area contributed by atoms with Crippen molar-refractivity contribution in [3.8, 4) is 11.4 Å². The monoisotopic (exact) mass is 339 g/mol. The highest BCUT2D eigenvalue weighted by atomic mass is 35.5. The van der Waals surface area contributed by atoms with Crippen LogP contribution < -0.4 is 4.74 Å². The first-order valence-electron chi connectivity index (χ1n) is 7.25. The fraction of sp³-hybridized carbons (Fsp3) is 0.0526. The van der Waals surface area contributed by atoms with Gasteiger partial charge in [0.1, 0.15) is 5.75 Å². The molecule has 120 valence electrons. The van der Waals surface area contributed by atoms with Gasteiger partial charge in [0.2, 0.25) is 0 Å². The summed E-state index contributed by atoms with van der Waals surface area (Å²) in [7, 11) is 1.55. The first-order valence-corrected chi connectivity index (χ1v) is 7.63. The van der Waals surface area contributed by atoms with Crippen molar-refractivity contribution in [2.24, 2.45) is 0 Å². The third-order valence-corrected chi connectivity index (χ3v) is 3.93. The second-order valence-corrected chi connectivity index (χ2v) is 5.58. The maximum Gasteiger partial charge on any atom is 0.195 e. The zero-order valence-corrected chi connectivity index (χ0v) is 13.7. The van der Waals surface area contributed by atoms with Crippen LogP contribution >= 0.6 is 11.6 Å². The second-order valence-electron chi connectivity index (χ2n) is 5.14. The van der Waals surface area contributed by atoms with E-state index in [2.05, 4.69) is 0 Å². The number of ketones is 1. The van der Waals surface area contributed by atoms with Crippen LogP contribution in [0.1, 0.15) is 26.4 Å². The highest BCUT2D eigenvalue weighted by molar-refractivity contribution is 6.31. The Morgan fingerprint density at radius 1 is 1.12 bits per heavy atom. The Labute approximate surface area is 144 Å². The van der Waals surface area contributed by atoms with E-state index in [4.69, 9.17) is 16.3 Å². The molecule has 0 aliphatic rings. The quantitative estimate of drug-likeness (QED) is 0.517. The summed E-state index contributed by atoms with van der Waals surface area (Å²) in [4.78, 5) is 24.2. The van der Waals surface area contributed by atoms with Gasteiger partial charge in [-0.15, -0.1) is 0 Å². The van der Waals surface area contributed by atoms with Crippen LogP contribution in [0.2, 0.25) is 5.02 Å². The van der Waals surface area contributed by atoms with Gasteiger partial charge in [0.05, 0.1) is 18.5 Å². The zero-order valence-electron chi connectivity index (χ0n) is 12.9. The van der Waals surface area contributed by atoms with Gasteiger partial charge in [-0.05, 0) is 42.5 Å². The van der Waals surface area contributed by atoms with Crippen molar-refractivity contribution in [1.29, 1.82) is 0 Å². The summed E-state index contributed by atoms with van der Waals surface area (Å²) < 4.78 is 6.84. The maximum absolute atomic E-state index is 13.0. The molecule has 0 saturated carbocycles. The largest absolute Gasteiger partial charge is 0.497 e. The molecule has 2 aromatic carbocycles. The number of carbonyl (C=O) groups excluding carboxylic acids is 2. The molecule has 0 spiro atoms. The minimum atomic E-state index is -0.197. The van der Waals surface area contributed by atoms with E-state index in [1.54, 1.807) is 72.5 Å². The standard InChI is InChI=1S/C19H14ClNO3/c1-24-16-6-2-4-13(10-16)19(23)17-11-14(20)7-8-18(17)21-9-3-5-15(21)12-22/h2-12H,1H3. The smallest absolute Gasteiger partial charge is 0.195 e. The predicted octanol–water partition coefficient (Wildman–Crippen LogP) is 4.18. The summed E-state index contributed by atoms with van der Waals surface area (Å²) in [5.74, 6) is 0.399. The first kappa shape index (κ1) is 16.0. The average molecular weight is 340 g/mol. The normalized spacial score (nSPS) is 10.4. The van der Waals surface area contributed by atoms with Gasteiger partial charge in [-0.1, -0.05) is 23.7 Å². The van der Waals surface area contributed by atoms with Crippen molar-refractivity contribution in [1.82, 2.24) is 4.57 Å². The van der Waals surface area contributed by atoms with Crippen molar-refractivity contribution >= 4 is 23.7 Å². The number of hydrogen-bond acceptors (Lipinski definition) is 3. The molecule has 5 heteroatoms. The molecular weight excluding hydrogens is 326 g/mol. The topological polar surface area (TPSA) is 48.3 Å². The summed E-state index contributed by atoms with van der Waals surface area (Å²) in [6.07, 6.45) is 2.48. The van der Waals surface area contributed by atoms with Crippen LogP contribution in [0.4, 0.5) is 0 Å². The van der Waals surface area contributed by atoms with E-state index >= 15 is 0 Å². The van der Waals surface area contributed by atoms with Crippen molar-refractivity contribution < 1.29 is 14.3 Å². The molecule has 1 heterocycles. The molecule has 0 saturated heterocycles. The third kappa shape index (κ3) is 2.96. The molecule has 0 amide bonds. The van der Waals surface area contributed by atoms with Crippen LogP contribution in [-0.2, 0) is 0 Å². The lowest BCUT2D eigenvalue weighted by molar-refractivity contribution is 0.103. The first-order chi connectivity index (χ1) is 11.6. The number of hydrogen-bond donors (Lipinski definition) is 0. The van der Waals surface area contributed by atoms with Gasteiger partial charge >= 0.3 is 0 Å². The van der Waals surface area contributed by atoms with Gasteiger partial charge in [0, 0.05) is 22.3 Å². The molecule has 0 fully saturated rings. The van der Waals surface area contributed by atoms with Gasteiger partial charge in [0.25, 0.3) is 0 Å². The molecule has 4 nitrogen and oxygen atoms in total. The number of carbonyl (C=O) groups is 2. The number of aldehydes is 1. The van der Waals surface area contributed by atoms with E-state index in [0.717, 1.165) is 6.29 Å². The summed E-state index contributed by atoms with van der Waals surface area (Å²) in [5.41, 5.74) is 1.95. The lowest BCUT2D eigenvalue weighted by atomic mass is 10.0. The van der Waals surface area contributed by atoms with E-state index in [0.29, 0.717) is 33.3 Å². The molecule has 3 rings (SSSR count). The molecule has 0 aliphatic heterocycles. The van der Waals surface area contributed by atoms with E-state index in [1.807, 2.05) is 0 Å². The van der Waals surface area contributed by atoms with E-state index < -0.39 is 0 Å². The minimum absolute atomic E-state index is 0.197. The Kier molecular flexibility index (Phi) is 4.49. The summed E-state index contributed by atoms with van der Waals surface area (Å²) in [6.45, 7) is 0.